The molecule has 0 amide bonds. The first-order chi connectivity index (χ1) is 2.81. The van der Waals surface area contributed by atoms with E-state index in [1.807, 2.05) is 0 Å². The SMILES string of the molecule is COC(Cl)[C]=O. The van der Waals surface area contributed by atoms with Crippen LogP contribution >= 0.6 is 11.6 Å². The van der Waals surface area contributed by atoms with Gasteiger partial charge in [0.05, 0.1) is 0 Å². The van der Waals surface area contributed by atoms with Crippen molar-refractivity contribution in [2.75, 3.05) is 7.11 Å². The third-order valence-electron chi connectivity index (χ3n) is 0.300. The number of methoxy groups -OCH3 is 1. The summed E-state index contributed by atoms with van der Waals surface area (Å²) < 4.78 is 4.24. The van der Waals surface area contributed by atoms with Crippen LogP contribution in [0.2, 0.25) is 0 Å². The molecule has 6 heavy (non-hydrogen) atoms. The molecule has 0 rings (SSSR count). The lowest BCUT2D eigenvalue weighted by atomic mass is 10.8. The Kier molecular flexibility index (Phi) is 3.08. The summed E-state index contributed by atoms with van der Waals surface area (Å²) in [5.41, 5.74) is -0.898. The molecule has 0 aromatic carbocycles. The molecule has 0 bridgehead atoms. The highest BCUT2D eigenvalue weighted by atomic mass is 35.5. The summed E-state index contributed by atoms with van der Waals surface area (Å²) in [6.45, 7) is 0. The first-order valence-electron chi connectivity index (χ1n) is 1.35. The first kappa shape index (κ1) is 5.92. The van der Waals surface area contributed by atoms with Crippen LogP contribution in [-0.4, -0.2) is 19.0 Å². The van der Waals surface area contributed by atoms with Crippen molar-refractivity contribution in [1.82, 2.24) is 0 Å². The largest absolute Gasteiger partial charge is 0.358 e. The smallest absolute Gasteiger partial charge is 0.246 e. The van der Waals surface area contributed by atoms with Crippen molar-refractivity contribution >= 4 is 17.9 Å². The molecule has 0 aromatic rings. The van der Waals surface area contributed by atoms with Crippen molar-refractivity contribution in [2.24, 2.45) is 0 Å². The average Bonchev–Trinajstić information content (AvgIpc) is 1.65. The van der Waals surface area contributed by atoms with Crippen LogP contribution in [0.5, 0.6) is 0 Å². The van der Waals surface area contributed by atoms with Crippen molar-refractivity contribution < 1.29 is 9.53 Å². The number of halogens is 1. The van der Waals surface area contributed by atoms with Gasteiger partial charge < -0.3 is 4.74 Å². The standard InChI is InChI=1S/C3H4ClO2/c1-6-3(4)2-5/h3H,1H3. The summed E-state index contributed by atoms with van der Waals surface area (Å²) in [6.07, 6.45) is 1.41. The van der Waals surface area contributed by atoms with Crippen molar-refractivity contribution in [3.8, 4) is 0 Å². The molecule has 0 N–H and O–H groups in total. The van der Waals surface area contributed by atoms with Crippen LogP contribution < -0.4 is 0 Å². The number of hydrogen-bond donors (Lipinski definition) is 0. The molecule has 35 valence electrons. The molecule has 2 nitrogen and oxygen atoms in total. The molecule has 0 fully saturated rings. The maximum atomic E-state index is 9.35. The third kappa shape index (κ3) is 2.18. The Bertz CT molecular complexity index is 46.1. The van der Waals surface area contributed by atoms with E-state index < -0.39 is 5.56 Å². The van der Waals surface area contributed by atoms with Crippen LogP contribution in [0.1, 0.15) is 0 Å². The molecule has 0 aliphatic carbocycles. The van der Waals surface area contributed by atoms with E-state index in [-0.39, 0.29) is 0 Å². The maximum absolute atomic E-state index is 9.35. The number of hydrogen-bond acceptors (Lipinski definition) is 2. The molecule has 3 heteroatoms. The van der Waals surface area contributed by atoms with Gasteiger partial charge in [-0.15, -0.1) is 0 Å². The zero-order chi connectivity index (χ0) is 4.99. The molecule has 0 heterocycles. The highest BCUT2D eigenvalue weighted by Crippen LogP contribution is 1.87. The highest BCUT2D eigenvalue weighted by Gasteiger charge is 1.94. The van der Waals surface area contributed by atoms with Gasteiger partial charge in [0.15, 0.2) is 5.56 Å². The van der Waals surface area contributed by atoms with Crippen LogP contribution in [0.25, 0.3) is 0 Å². The number of carbonyl (C=O) groups excluding carboxylic acids is 1. The van der Waals surface area contributed by atoms with Crippen LogP contribution in [-0.2, 0) is 9.53 Å². The molecule has 0 aliphatic rings. The summed E-state index contributed by atoms with van der Waals surface area (Å²) in [6, 6.07) is 0. The summed E-state index contributed by atoms with van der Waals surface area (Å²) in [5.74, 6) is 0. The quantitative estimate of drug-likeness (QED) is 0.475. The maximum Gasteiger partial charge on any atom is 0.246 e. The van der Waals surface area contributed by atoms with E-state index in [0.29, 0.717) is 0 Å². The molecule has 1 unspecified atom stereocenters. The summed E-state index contributed by atoms with van der Waals surface area (Å²) in [7, 11) is 1.34. The Balaban J connectivity index is 2.96. The van der Waals surface area contributed by atoms with Crippen LogP contribution in [0.3, 0.4) is 0 Å². The zero-order valence-corrected chi connectivity index (χ0v) is 4.03. The van der Waals surface area contributed by atoms with Gasteiger partial charge in [-0.25, -0.2) is 0 Å². The molecule has 0 saturated carbocycles. The van der Waals surface area contributed by atoms with Crippen LogP contribution in [0.4, 0.5) is 0 Å². The number of alkyl halides is 1. The molecular formula is C3H4ClO2. The lowest BCUT2D eigenvalue weighted by molar-refractivity contribution is 0.211. The number of ether oxygens (including phenoxy) is 1. The van der Waals surface area contributed by atoms with Crippen molar-refractivity contribution in [3.63, 3.8) is 0 Å². The Hall–Kier alpha value is -0.0800. The van der Waals surface area contributed by atoms with Crippen LogP contribution in [0, 0.1) is 0 Å². The van der Waals surface area contributed by atoms with Gasteiger partial charge in [-0.05, 0) is 0 Å². The fraction of sp³-hybridized carbons (Fsp3) is 0.667. The second kappa shape index (κ2) is 3.12. The van der Waals surface area contributed by atoms with Gasteiger partial charge in [0.2, 0.25) is 6.29 Å². The van der Waals surface area contributed by atoms with E-state index in [1.54, 1.807) is 0 Å². The first-order valence-corrected chi connectivity index (χ1v) is 1.79. The van der Waals surface area contributed by atoms with E-state index in [1.165, 1.54) is 13.4 Å². The van der Waals surface area contributed by atoms with E-state index in [4.69, 9.17) is 11.6 Å². The predicted molar refractivity (Wildman–Crippen MR) is 22.3 cm³/mol. The number of rotatable bonds is 2. The van der Waals surface area contributed by atoms with Crippen molar-refractivity contribution in [3.05, 3.63) is 0 Å². The predicted octanol–water partition coefficient (Wildman–Crippen LogP) is 0.307. The zero-order valence-electron chi connectivity index (χ0n) is 3.27. The minimum Gasteiger partial charge on any atom is -0.358 e. The normalized spacial score (nSPS) is 13.7. The summed E-state index contributed by atoms with van der Waals surface area (Å²) in [5, 5.41) is 0. The van der Waals surface area contributed by atoms with Gasteiger partial charge in [-0.1, -0.05) is 11.6 Å². The topological polar surface area (TPSA) is 26.3 Å². The molecule has 0 saturated heterocycles. The van der Waals surface area contributed by atoms with Gasteiger partial charge in [0.25, 0.3) is 0 Å². The minimum absolute atomic E-state index is 0.898. The highest BCUT2D eigenvalue weighted by molar-refractivity contribution is 6.26. The van der Waals surface area contributed by atoms with Crippen LogP contribution in [0.15, 0.2) is 0 Å². The van der Waals surface area contributed by atoms with Gasteiger partial charge in [-0.3, -0.25) is 4.79 Å². The molecule has 0 aromatic heterocycles. The van der Waals surface area contributed by atoms with E-state index in [2.05, 4.69) is 4.74 Å². The van der Waals surface area contributed by atoms with Gasteiger partial charge in [-0.2, -0.15) is 0 Å². The summed E-state index contributed by atoms with van der Waals surface area (Å²) in [4.78, 5) is 9.35. The molecule has 0 spiro atoms. The second-order valence-corrected chi connectivity index (χ2v) is 1.07. The lowest BCUT2D eigenvalue weighted by Crippen LogP contribution is -2.00. The summed E-state index contributed by atoms with van der Waals surface area (Å²) >= 11 is 5.00. The average molecular weight is 108 g/mol. The van der Waals surface area contributed by atoms with Crippen molar-refractivity contribution in [1.29, 1.82) is 0 Å². The monoisotopic (exact) mass is 107 g/mol. The Morgan fingerprint density at radius 3 is 2.50 bits per heavy atom. The van der Waals surface area contributed by atoms with Gasteiger partial charge in [0, 0.05) is 7.11 Å². The van der Waals surface area contributed by atoms with E-state index in [9.17, 15) is 4.79 Å². The Labute approximate surface area is 41.0 Å². The van der Waals surface area contributed by atoms with Gasteiger partial charge >= 0.3 is 0 Å². The molecule has 0 aliphatic heterocycles. The Morgan fingerprint density at radius 2 is 2.50 bits per heavy atom. The third-order valence-corrected chi connectivity index (χ3v) is 0.567. The second-order valence-electron chi connectivity index (χ2n) is 0.670. The lowest BCUT2D eigenvalue weighted by Gasteiger charge is -1.89. The Morgan fingerprint density at radius 1 is 2.00 bits per heavy atom. The minimum atomic E-state index is -0.898. The van der Waals surface area contributed by atoms with E-state index in [0.717, 1.165) is 0 Å². The molecule has 1 radical (unpaired) electrons. The molecular weight excluding hydrogens is 103 g/mol. The molecule has 1 atom stereocenters. The van der Waals surface area contributed by atoms with E-state index >= 15 is 0 Å². The fourth-order valence-corrected chi connectivity index (χ4v) is 0.0481. The fourth-order valence-electron chi connectivity index (χ4n) is 0.0481. The van der Waals surface area contributed by atoms with Crippen molar-refractivity contribution in [2.45, 2.75) is 5.56 Å². The van der Waals surface area contributed by atoms with Gasteiger partial charge in [0.1, 0.15) is 0 Å².